The second-order valence-electron chi connectivity index (χ2n) is 5.18. The Bertz CT molecular complexity index is 190. The Morgan fingerprint density at radius 2 is 1.76 bits per heavy atom. The van der Waals surface area contributed by atoms with E-state index in [1.165, 1.54) is 38.5 Å². The maximum Gasteiger partial charge on any atom is 0.0572 e. The van der Waals surface area contributed by atoms with Gasteiger partial charge in [-0.05, 0) is 44.8 Å². The first kappa shape index (κ1) is 15.3. The molecule has 17 heavy (non-hydrogen) atoms. The van der Waals surface area contributed by atoms with Crippen molar-refractivity contribution < 1.29 is 4.74 Å². The van der Waals surface area contributed by atoms with Crippen molar-refractivity contribution in [3.05, 3.63) is 0 Å². The van der Waals surface area contributed by atoms with Crippen LogP contribution in [0.4, 0.5) is 0 Å². The minimum Gasteiger partial charge on any atom is -0.381 e. The lowest BCUT2D eigenvalue weighted by Crippen LogP contribution is -2.43. The molecule has 0 aromatic rings. The van der Waals surface area contributed by atoms with E-state index >= 15 is 0 Å². The first-order chi connectivity index (χ1) is 8.19. The first-order valence-corrected chi connectivity index (χ1v) is 8.23. The lowest BCUT2D eigenvalue weighted by molar-refractivity contribution is 0.0622. The lowest BCUT2D eigenvalue weighted by Gasteiger charge is -2.34. The van der Waals surface area contributed by atoms with Gasteiger partial charge < -0.3 is 10.1 Å². The highest BCUT2D eigenvalue weighted by Crippen LogP contribution is 2.30. The van der Waals surface area contributed by atoms with Crippen molar-refractivity contribution in [3.63, 3.8) is 0 Å². The van der Waals surface area contributed by atoms with Gasteiger partial charge in [-0.2, -0.15) is 11.8 Å². The molecule has 0 saturated heterocycles. The van der Waals surface area contributed by atoms with Crippen LogP contribution in [0, 0.1) is 0 Å². The van der Waals surface area contributed by atoms with Gasteiger partial charge in [0.05, 0.1) is 6.10 Å². The van der Waals surface area contributed by atoms with Gasteiger partial charge in [-0.3, -0.25) is 0 Å². The SMILES string of the molecule is CCC(CC)(CNC1CCC(OC)CC1)SC. The fourth-order valence-electron chi connectivity index (χ4n) is 2.69. The molecule has 1 rings (SSSR count). The van der Waals surface area contributed by atoms with Crippen LogP contribution in [-0.2, 0) is 4.74 Å². The zero-order valence-electron chi connectivity index (χ0n) is 11.9. The van der Waals surface area contributed by atoms with E-state index in [4.69, 9.17) is 4.74 Å². The number of hydrogen-bond donors (Lipinski definition) is 1. The van der Waals surface area contributed by atoms with Gasteiger partial charge in [-0.15, -0.1) is 0 Å². The molecule has 3 heteroatoms. The van der Waals surface area contributed by atoms with Gasteiger partial charge in [0.1, 0.15) is 0 Å². The van der Waals surface area contributed by atoms with Gasteiger partial charge >= 0.3 is 0 Å². The zero-order valence-corrected chi connectivity index (χ0v) is 12.7. The second kappa shape index (κ2) is 7.65. The molecule has 0 aliphatic heterocycles. The highest BCUT2D eigenvalue weighted by atomic mass is 32.2. The van der Waals surface area contributed by atoms with Gasteiger partial charge in [0.25, 0.3) is 0 Å². The van der Waals surface area contributed by atoms with Gasteiger partial charge in [-0.25, -0.2) is 0 Å². The van der Waals surface area contributed by atoms with Gasteiger partial charge in [0.15, 0.2) is 0 Å². The Balaban J connectivity index is 2.31. The van der Waals surface area contributed by atoms with E-state index in [0.717, 1.165) is 6.54 Å². The minimum atomic E-state index is 0.443. The number of rotatable bonds is 7. The average Bonchev–Trinajstić information content (AvgIpc) is 2.41. The van der Waals surface area contributed by atoms with Crippen molar-refractivity contribution in [2.45, 2.75) is 69.3 Å². The molecule has 0 aromatic heterocycles. The second-order valence-corrected chi connectivity index (χ2v) is 6.46. The molecule has 0 unspecified atom stereocenters. The van der Waals surface area contributed by atoms with Crippen LogP contribution in [0.3, 0.4) is 0 Å². The number of methoxy groups -OCH3 is 1. The fourth-order valence-corrected chi connectivity index (χ4v) is 3.50. The van der Waals surface area contributed by atoms with Crippen LogP contribution in [0.2, 0.25) is 0 Å². The zero-order chi connectivity index (χ0) is 12.7. The van der Waals surface area contributed by atoms with Crippen molar-refractivity contribution in [2.75, 3.05) is 19.9 Å². The van der Waals surface area contributed by atoms with E-state index in [0.29, 0.717) is 16.9 Å². The van der Waals surface area contributed by atoms with Gasteiger partial charge in [-0.1, -0.05) is 13.8 Å². The molecular weight excluding hydrogens is 230 g/mol. The summed E-state index contributed by atoms with van der Waals surface area (Å²) in [6, 6.07) is 0.714. The molecule has 1 fully saturated rings. The fraction of sp³-hybridized carbons (Fsp3) is 1.00. The molecule has 0 radical (unpaired) electrons. The van der Waals surface area contributed by atoms with Crippen molar-refractivity contribution in [1.29, 1.82) is 0 Å². The topological polar surface area (TPSA) is 21.3 Å². The third-order valence-corrected chi connectivity index (χ3v) is 6.03. The van der Waals surface area contributed by atoms with E-state index in [1.807, 2.05) is 18.9 Å². The number of ether oxygens (including phenoxy) is 1. The standard InChI is InChI=1S/C14H29NOS/c1-5-14(6-2,17-4)11-15-12-7-9-13(16-3)10-8-12/h12-13,15H,5-11H2,1-4H3. The Labute approximate surface area is 111 Å². The summed E-state index contributed by atoms with van der Waals surface area (Å²) < 4.78 is 5.86. The summed E-state index contributed by atoms with van der Waals surface area (Å²) in [4.78, 5) is 0. The van der Waals surface area contributed by atoms with Gasteiger partial charge in [0.2, 0.25) is 0 Å². The van der Waals surface area contributed by atoms with E-state index in [2.05, 4.69) is 25.4 Å². The summed E-state index contributed by atoms with van der Waals surface area (Å²) in [5.41, 5.74) is 0. The molecular formula is C14H29NOS. The third kappa shape index (κ3) is 4.46. The summed E-state index contributed by atoms with van der Waals surface area (Å²) in [5.74, 6) is 0. The molecule has 0 aromatic carbocycles. The quantitative estimate of drug-likeness (QED) is 0.756. The van der Waals surface area contributed by atoms with Gasteiger partial charge in [0, 0.05) is 24.4 Å². The predicted octanol–water partition coefficient (Wildman–Crippen LogP) is 3.46. The van der Waals surface area contributed by atoms with Crippen LogP contribution in [-0.4, -0.2) is 36.8 Å². The molecule has 0 atom stereocenters. The maximum atomic E-state index is 5.42. The van der Waals surface area contributed by atoms with Crippen LogP contribution in [0.15, 0.2) is 0 Å². The Morgan fingerprint density at radius 1 is 1.18 bits per heavy atom. The monoisotopic (exact) mass is 259 g/mol. The minimum absolute atomic E-state index is 0.443. The summed E-state index contributed by atoms with van der Waals surface area (Å²) >= 11 is 2.02. The summed E-state index contributed by atoms with van der Waals surface area (Å²) in [5, 5.41) is 3.78. The lowest BCUT2D eigenvalue weighted by atomic mass is 9.92. The van der Waals surface area contributed by atoms with Crippen LogP contribution in [0.5, 0.6) is 0 Å². The van der Waals surface area contributed by atoms with Crippen LogP contribution < -0.4 is 5.32 Å². The number of hydrogen-bond acceptors (Lipinski definition) is 3. The van der Waals surface area contributed by atoms with E-state index in [1.54, 1.807) is 0 Å². The third-order valence-electron chi connectivity index (χ3n) is 4.44. The highest BCUT2D eigenvalue weighted by molar-refractivity contribution is 8.00. The van der Waals surface area contributed by atoms with E-state index in [-0.39, 0.29) is 0 Å². The van der Waals surface area contributed by atoms with Crippen LogP contribution in [0.25, 0.3) is 0 Å². The molecule has 1 saturated carbocycles. The Morgan fingerprint density at radius 3 is 2.18 bits per heavy atom. The van der Waals surface area contributed by atoms with Crippen molar-refractivity contribution in [1.82, 2.24) is 5.32 Å². The van der Waals surface area contributed by atoms with E-state index in [9.17, 15) is 0 Å². The van der Waals surface area contributed by atoms with E-state index < -0.39 is 0 Å². The maximum absolute atomic E-state index is 5.42. The molecule has 0 heterocycles. The van der Waals surface area contributed by atoms with Crippen LogP contribution in [0.1, 0.15) is 52.4 Å². The Hall–Kier alpha value is 0.270. The molecule has 2 nitrogen and oxygen atoms in total. The molecule has 1 aliphatic carbocycles. The van der Waals surface area contributed by atoms with Crippen molar-refractivity contribution in [2.24, 2.45) is 0 Å². The molecule has 0 bridgehead atoms. The summed E-state index contributed by atoms with van der Waals surface area (Å²) in [7, 11) is 1.84. The number of thioether (sulfide) groups is 1. The molecule has 1 N–H and O–H groups in total. The van der Waals surface area contributed by atoms with Crippen molar-refractivity contribution >= 4 is 11.8 Å². The summed E-state index contributed by atoms with van der Waals surface area (Å²) in [6.07, 6.45) is 10.3. The normalized spacial score (nSPS) is 26.1. The first-order valence-electron chi connectivity index (χ1n) is 7.01. The molecule has 102 valence electrons. The Kier molecular flexibility index (Phi) is 6.90. The van der Waals surface area contributed by atoms with Crippen molar-refractivity contribution in [3.8, 4) is 0 Å². The highest BCUT2D eigenvalue weighted by Gasteiger charge is 2.27. The average molecular weight is 259 g/mol. The molecule has 0 amide bonds. The molecule has 0 spiro atoms. The predicted molar refractivity (Wildman–Crippen MR) is 77.9 cm³/mol. The van der Waals surface area contributed by atoms with Crippen LogP contribution >= 0.6 is 11.8 Å². The smallest absolute Gasteiger partial charge is 0.0572 e. The molecule has 1 aliphatic rings. The summed E-state index contributed by atoms with van der Waals surface area (Å²) in [6.45, 7) is 5.77. The largest absolute Gasteiger partial charge is 0.381 e. The number of nitrogens with one attached hydrogen (secondary N) is 1.